The van der Waals surface area contributed by atoms with Gasteiger partial charge in [-0.1, -0.05) is 13.0 Å². The summed E-state index contributed by atoms with van der Waals surface area (Å²) in [7, 11) is 0. The SMILES string of the molecule is CCCN(CC(=O)NNC(=O)c1cccs1)C1CNC1. The van der Waals surface area contributed by atoms with Crippen molar-refractivity contribution in [2.75, 3.05) is 26.2 Å². The fourth-order valence-corrected chi connectivity index (χ4v) is 2.65. The predicted molar refractivity (Wildman–Crippen MR) is 78.4 cm³/mol. The zero-order valence-corrected chi connectivity index (χ0v) is 12.3. The van der Waals surface area contributed by atoms with Gasteiger partial charge in [-0.2, -0.15) is 0 Å². The fourth-order valence-electron chi connectivity index (χ4n) is 2.03. The summed E-state index contributed by atoms with van der Waals surface area (Å²) in [5.41, 5.74) is 4.91. The molecule has 1 saturated heterocycles. The van der Waals surface area contributed by atoms with Crippen molar-refractivity contribution in [3.8, 4) is 0 Å². The van der Waals surface area contributed by atoms with Crippen LogP contribution in [0.3, 0.4) is 0 Å². The number of hydrazine groups is 1. The van der Waals surface area contributed by atoms with E-state index in [9.17, 15) is 9.59 Å². The van der Waals surface area contributed by atoms with Crippen LogP contribution >= 0.6 is 11.3 Å². The molecule has 0 atom stereocenters. The molecule has 2 rings (SSSR count). The molecule has 0 bridgehead atoms. The maximum Gasteiger partial charge on any atom is 0.279 e. The summed E-state index contributed by atoms with van der Waals surface area (Å²) >= 11 is 1.34. The first-order valence-electron chi connectivity index (χ1n) is 6.78. The van der Waals surface area contributed by atoms with Crippen molar-refractivity contribution in [3.63, 3.8) is 0 Å². The minimum Gasteiger partial charge on any atom is -0.314 e. The standard InChI is InChI=1S/C13H20N4O2S/c1-2-5-17(10-7-14-8-10)9-12(18)15-16-13(19)11-4-3-6-20-11/h3-4,6,10,14H,2,5,7-9H2,1H3,(H,15,18)(H,16,19). The van der Waals surface area contributed by atoms with Crippen LogP contribution in [0.4, 0.5) is 0 Å². The number of thiophene rings is 1. The van der Waals surface area contributed by atoms with Gasteiger partial charge in [0.15, 0.2) is 0 Å². The molecular weight excluding hydrogens is 276 g/mol. The Morgan fingerprint density at radius 1 is 1.45 bits per heavy atom. The molecule has 2 heterocycles. The molecule has 20 heavy (non-hydrogen) atoms. The molecule has 2 amide bonds. The Bertz CT molecular complexity index is 445. The molecule has 1 aliphatic heterocycles. The third-order valence-corrected chi connectivity index (χ3v) is 4.06. The summed E-state index contributed by atoms with van der Waals surface area (Å²) in [4.78, 5) is 26.3. The van der Waals surface area contributed by atoms with Gasteiger partial charge in [0.05, 0.1) is 11.4 Å². The molecule has 0 radical (unpaired) electrons. The van der Waals surface area contributed by atoms with Crippen LogP contribution in [0, 0.1) is 0 Å². The van der Waals surface area contributed by atoms with Crippen molar-refractivity contribution in [3.05, 3.63) is 22.4 Å². The third kappa shape index (κ3) is 4.03. The van der Waals surface area contributed by atoms with Gasteiger partial charge in [0.25, 0.3) is 11.8 Å². The number of amides is 2. The van der Waals surface area contributed by atoms with E-state index in [0.717, 1.165) is 26.1 Å². The van der Waals surface area contributed by atoms with Crippen LogP contribution in [0.1, 0.15) is 23.0 Å². The fraction of sp³-hybridized carbons (Fsp3) is 0.538. The molecule has 1 aliphatic rings. The van der Waals surface area contributed by atoms with Gasteiger partial charge < -0.3 is 5.32 Å². The Morgan fingerprint density at radius 2 is 2.25 bits per heavy atom. The number of hydrogen-bond donors (Lipinski definition) is 3. The summed E-state index contributed by atoms with van der Waals surface area (Å²) in [6.45, 7) is 5.14. The van der Waals surface area contributed by atoms with E-state index in [1.165, 1.54) is 11.3 Å². The van der Waals surface area contributed by atoms with Gasteiger partial charge in [0, 0.05) is 19.1 Å². The Morgan fingerprint density at radius 3 is 2.80 bits per heavy atom. The molecule has 0 saturated carbocycles. The second kappa shape index (κ2) is 7.37. The minimum absolute atomic E-state index is 0.185. The van der Waals surface area contributed by atoms with Crippen LogP contribution in [0.15, 0.2) is 17.5 Å². The minimum atomic E-state index is -0.277. The summed E-state index contributed by atoms with van der Waals surface area (Å²) in [6, 6.07) is 3.94. The third-order valence-electron chi connectivity index (χ3n) is 3.19. The highest BCUT2D eigenvalue weighted by molar-refractivity contribution is 7.12. The number of rotatable bonds is 6. The first kappa shape index (κ1) is 15.0. The summed E-state index contributed by atoms with van der Waals surface area (Å²) in [6.07, 6.45) is 1.01. The number of nitrogens with zero attached hydrogens (tertiary/aromatic N) is 1. The highest BCUT2D eigenvalue weighted by atomic mass is 32.1. The molecular formula is C13H20N4O2S. The number of nitrogens with one attached hydrogen (secondary N) is 3. The Hall–Kier alpha value is -1.44. The van der Waals surface area contributed by atoms with E-state index in [1.54, 1.807) is 12.1 Å². The highest BCUT2D eigenvalue weighted by Crippen LogP contribution is 2.07. The maximum absolute atomic E-state index is 11.9. The molecule has 1 aromatic rings. The molecule has 110 valence electrons. The molecule has 1 fully saturated rings. The smallest absolute Gasteiger partial charge is 0.279 e. The topological polar surface area (TPSA) is 73.5 Å². The Labute approximate surface area is 122 Å². The molecule has 0 unspecified atom stereocenters. The van der Waals surface area contributed by atoms with E-state index in [2.05, 4.69) is 28.0 Å². The molecule has 0 aliphatic carbocycles. The summed E-state index contributed by atoms with van der Waals surface area (Å²) in [5.74, 6) is -0.462. The normalized spacial score (nSPS) is 14.9. The van der Waals surface area contributed by atoms with Crippen molar-refractivity contribution >= 4 is 23.2 Å². The lowest BCUT2D eigenvalue weighted by molar-refractivity contribution is -0.123. The van der Waals surface area contributed by atoms with Gasteiger partial charge in [-0.15, -0.1) is 11.3 Å². The second-order valence-corrected chi connectivity index (χ2v) is 5.71. The van der Waals surface area contributed by atoms with Gasteiger partial charge in [0.2, 0.25) is 0 Å². The van der Waals surface area contributed by atoms with E-state index in [1.807, 2.05) is 5.38 Å². The van der Waals surface area contributed by atoms with Gasteiger partial charge in [-0.3, -0.25) is 25.3 Å². The Kier molecular flexibility index (Phi) is 5.51. The van der Waals surface area contributed by atoms with Gasteiger partial charge >= 0.3 is 0 Å². The molecule has 3 N–H and O–H groups in total. The van der Waals surface area contributed by atoms with Crippen molar-refractivity contribution in [1.82, 2.24) is 21.1 Å². The molecule has 7 heteroatoms. The van der Waals surface area contributed by atoms with E-state index in [-0.39, 0.29) is 11.8 Å². The maximum atomic E-state index is 11.9. The summed E-state index contributed by atoms with van der Waals surface area (Å²) in [5, 5.41) is 5.02. The lowest BCUT2D eigenvalue weighted by Crippen LogP contribution is -2.59. The number of hydrogen-bond acceptors (Lipinski definition) is 5. The molecule has 1 aromatic heterocycles. The van der Waals surface area contributed by atoms with Crippen molar-refractivity contribution in [1.29, 1.82) is 0 Å². The average Bonchev–Trinajstić information content (AvgIpc) is 2.88. The first-order valence-corrected chi connectivity index (χ1v) is 7.66. The van der Waals surface area contributed by atoms with Gasteiger partial charge in [-0.05, 0) is 24.4 Å². The monoisotopic (exact) mass is 296 g/mol. The van der Waals surface area contributed by atoms with Gasteiger partial charge in [0.1, 0.15) is 0 Å². The number of carbonyl (C=O) groups is 2. The lowest BCUT2D eigenvalue weighted by atomic mass is 10.1. The quantitative estimate of drug-likeness (QED) is 0.655. The van der Waals surface area contributed by atoms with Crippen LogP contribution in [0.25, 0.3) is 0 Å². The first-order chi connectivity index (χ1) is 9.70. The van der Waals surface area contributed by atoms with Gasteiger partial charge in [-0.25, -0.2) is 0 Å². The zero-order chi connectivity index (χ0) is 14.4. The number of carbonyl (C=O) groups excluding carboxylic acids is 2. The summed E-state index contributed by atoms with van der Waals surface area (Å²) < 4.78 is 0. The van der Waals surface area contributed by atoms with Crippen LogP contribution in [0.5, 0.6) is 0 Å². The average molecular weight is 296 g/mol. The highest BCUT2D eigenvalue weighted by Gasteiger charge is 2.25. The van der Waals surface area contributed by atoms with Crippen LogP contribution in [0.2, 0.25) is 0 Å². The van der Waals surface area contributed by atoms with Crippen LogP contribution in [-0.4, -0.2) is 48.9 Å². The van der Waals surface area contributed by atoms with E-state index >= 15 is 0 Å². The van der Waals surface area contributed by atoms with Crippen molar-refractivity contribution < 1.29 is 9.59 Å². The van der Waals surface area contributed by atoms with E-state index < -0.39 is 0 Å². The van der Waals surface area contributed by atoms with Crippen LogP contribution < -0.4 is 16.2 Å². The molecule has 0 spiro atoms. The van der Waals surface area contributed by atoms with E-state index in [4.69, 9.17) is 0 Å². The molecule has 6 nitrogen and oxygen atoms in total. The molecule has 0 aromatic carbocycles. The van der Waals surface area contributed by atoms with Crippen LogP contribution in [-0.2, 0) is 4.79 Å². The Balaban J connectivity index is 1.74. The second-order valence-electron chi connectivity index (χ2n) is 4.76. The van der Waals surface area contributed by atoms with Crippen molar-refractivity contribution in [2.45, 2.75) is 19.4 Å². The van der Waals surface area contributed by atoms with E-state index in [0.29, 0.717) is 17.5 Å². The van der Waals surface area contributed by atoms with Crippen molar-refractivity contribution in [2.24, 2.45) is 0 Å². The largest absolute Gasteiger partial charge is 0.314 e. The predicted octanol–water partition coefficient (Wildman–Crippen LogP) is 0.193. The zero-order valence-electron chi connectivity index (χ0n) is 11.5. The lowest BCUT2D eigenvalue weighted by Gasteiger charge is -2.37.